The van der Waals surface area contributed by atoms with E-state index in [0.29, 0.717) is 5.69 Å². The molecule has 3 aromatic rings. The van der Waals surface area contributed by atoms with Crippen molar-refractivity contribution in [1.29, 1.82) is 0 Å². The zero-order chi connectivity index (χ0) is 23.3. The Bertz CT molecular complexity index is 1280. The summed E-state index contributed by atoms with van der Waals surface area (Å²) >= 11 is 11.8. The van der Waals surface area contributed by atoms with Crippen LogP contribution in [-0.2, 0) is 21.4 Å². The molecule has 0 heterocycles. The molecule has 0 aliphatic carbocycles. The first-order valence-electron chi connectivity index (χ1n) is 9.37. The highest BCUT2D eigenvalue weighted by Crippen LogP contribution is 2.26. The third-order valence-electron chi connectivity index (χ3n) is 4.28. The number of benzene rings is 3. The number of rotatable bonds is 7. The maximum atomic E-state index is 12.6. The van der Waals surface area contributed by atoms with E-state index in [-0.39, 0.29) is 44.6 Å². The van der Waals surface area contributed by atoms with Gasteiger partial charge in [-0.25, -0.2) is 8.42 Å². The monoisotopic (exact) mass is 491 g/mol. The van der Waals surface area contributed by atoms with Gasteiger partial charge in [0.2, 0.25) is 5.91 Å². The molecule has 3 N–H and O–H groups in total. The Morgan fingerprint density at radius 3 is 2.31 bits per heavy atom. The van der Waals surface area contributed by atoms with Gasteiger partial charge in [-0.1, -0.05) is 41.4 Å². The molecule has 0 aliphatic rings. The van der Waals surface area contributed by atoms with Gasteiger partial charge in [-0.15, -0.1) is 0 Å². The third kappa shape index (κ3) is 6.23. The van der Waals surface area contributed by atoms with E-state index in [1.807, 2.05) is 6.07 Å². The second kappa shape index (κ2) is 10.0. The van der Waals surface area contributed by atoms with Crippen LogP contribution in [0.15, 0.2) is 71.6 Å². The minimum absolute atomic E-state index is 0.0548. The number of hydrogen-bond acceptors (Lipinski definition) is 4. The van der Waals surface area contributed by atoms with Crippen molar-refractivity contribution < 1.29 is 18.0 Å². The first kappa shape index (κ1) is 23.6. The largest absolute Gasteiger partial charge is 0.348 e. The molecule has 0 unspecified atom stereocenters. The van der Waals surface area contributed by atoms with Crippen LogP contribution in [-0.4, -0.2) is 20.2 Å². The molecule has 7 nitrogen and oxygen atoms in total. The molecule has 0 spiro atoms. The van der Waals surface area contributed by atoms with Gasteiger partial charge in [0.25, 0.3) is 15.9 Å². The molecule has 0 radical (unpaired) electrons. The molecule has 0 atom stereocenters. The van der Waals surface area contributed by atoms with Gasteiger partial charge in [-0.05, 0) is 54.1 Å². The summed E-state index contributed by atoms with van der Waals surface area (Å²) in [6, 6.07) is 17.2. The maximum absolute atomic E-state index is 12.6. The summed E-state index contributed by atoms with van der Waals surface area (Å²) in [5.74, 6) is -0.572. The molecular weight excluding hydrogens is 473 g/mol. The second-order valence-corrected chi connectivity index (χ2v) is 9.32. The molecule has 0 saturated carbocycles. The number of nitrogens with one attached hydrogen (secondary N) is 3. The van der Waals surface area contributed by atoms with Gasteiger partial charge in [-0.2, -0.15) is 0 Å². The molecule has 0 fully saturated rings. The molecule has 10 heteroatoms. The van der Waals surface area contributed by atoms with E-state index >= 15 is 0 Å². The van der Waals surface area contributed by atoms with Crippen molar-refractivity contribution in [3.8, 4) is 0 Å². The smallest absolute Gasteiger partial charge is 0.261 e. The molecule has 0 aliphatic heterocycles. The fourth-order valence-electron chi connectivity index (χ4n) is 2.83. The number of anilines is 2. The van der Waals surface area contributed by atoms with Gasteiger partial charge in [0.1, 0.15) is 0 Å². The van der Waals surface area contributed by atoms with E-state index < -0.39 is 10.0 Å². The first-order valence-corrected chi connectivity index (χ1v) is 11.6. The lowest BCUT2D eigenvalue weighted by Crippen LogP contribution is -2.23. The number of hydrogen-bond donors (Lipinski definition) is 3. The van der Waals surface area contributed by atoms with E-state index in [4.69, 9.17) is 23.2 Å². The number of sulfonamides is 1. The van der Waals surface area contributed by atoms with Crippen LogP contribution in [0.4, 0.5) is 11.4 Å². The van der Waals surface area contributed by atoms with Crippen molar-refractivity contribution in [3.63, 3.8) is 0 Å². The summed E-state index contributed by atoms with van der Waals surface area (Å²) < 4.78 is 27.7. The standard InChI is InChI=1S/C22H19Cl2N3O4S/c1-14(28)26-17-6-2-4-15(10-17)13-25-22(29)16-5-3-7-18(11-16)27-32(30,31)19-8-9-20(23)21(24)12-19/h2-12,27H,13H2,1H3,(H,25,29)(H,26,28). The van der Waals surface area contributed by atoms with E-state index in [1.165, 1.54) is 37.3 Å². The minimum Gasteiger partial charge on any atom is -0.348 e. The SMILES string of the molecule is CC(=O)Nc1cccc(CNC(=O)c2cccc(NS(=O)(=O)c3ccc(Cl)c(Cl)c3)c2)c1. The molecule has 3 aromatic carbocycles. The Morgan fingerprint density at radius 1 is 0.875 bits per heavy atom. The maximum Gasteiger partial charge on any atom is 0.261 e. The fraction of sp³-hybridized carbons (Fsp3) is 0.0909. The van der Waals surface area contributed by atoms with Crippen LogP contribution < -0.4 is 15.4 Å². The Hall–Kier alpha value is -3.07. The van der Waals surface area contributed by atoms with Crippen LogP contribution in [0.3, 0.4) is 0 Å². The Kier molecular flexibility index (Phi) is 7.40. The zero-order valence-electron chi connectivity index (χ0n) is 16.9. The van der Waals surface area contributed by atoms with Crippen molar-refractivity contribution in [2.24, 2.45) is 0 Å². The molecular formula is C22H19Cl2N3O4S. The molecule has 0 bridgehead atoms. The lowest BCUT2D eigenvalue weighted by Gasteiger charge is -2.11. The van der Waals surface area contributed by atoms with Gasteiger partial charge in [-0.3, -0.25) is 14.3 Å². The minimum atomic E-state index is -3.92. The predicted molar refractivity (Wildman–Crippen MR) is 126 cm³/mol. The fourth-order valence-corrected chi connectivity index (χ4v) is 4.27. The predicted octanol–water partition coefficient (Wildman–Crippen LogP) is 4.68. The van der Waals surface area contributed by atoms with E-state index in [0.717, 1.165) is 5.56 Å². The quantitative estimate of drug-likeness (QED) is 0.446. The first-order chi connectivity index (χ1) is 15.1. The zero-order valence-corrected chi connectivity index (χ0v) is 19.2. The third-order valence-corrected chi connectivity index (χ3v) is 6.40. The number of carbonyl (C=O) groups excluding carboxylic acids is 2. The molecule has 0 saturated heterocycles. The van der Waals surface area contributed by atoms with Gasteiger partial charge >= 0.3 is 0 Å². The summed E-state index contributed by atoms with van der Waals surface area (Å²) in [6.45, 7) is 1.64. The summed E-state index contributed by atoms with van der Waals surface area (Å²) in [5.41, 5.74) is 1.91. The lowest BCUT2D eigenvalue weighted by atomic mass is 10.1. The topological polar surface area (TPSA) is 104 Å². The highest BCUT2D eigenvalue weighted by molar-refractivity contribution is 7.92. The molecule has 3 rings (SSSR count). The van der Waals surface area contributed by atoms with Crippen LogP contribution in [0.5, 0.6) is 0 Å². The normalized spacial score (nSPS) is 11.0. The summed E-state index contributed by atoms with van der Waals surface area (Å²) in [7, 11) is -3.92. The second-order valence-electron chi connectivity index (χ2n) is 6.83. The Morgan fingerprint density at radius 2 is 1.59 bits per heavy atom. The van der Waals surface area contributed by atoms with Crippen molar-refractivity contribution in [2.75, 3.05) is 10.0 Å². The van der Waals surface area contributed by atoms with Crippen LogP contribution in [0.1, 0.15) is 22.8 Å². The van der Waals surface area contributed by atoms with Crippen LogP contribution in [0.2, 0.25) is 10.0 Å². The molecule has 2 amide bonds. The highest BCUT2D eigenvalue weighted by atomic mass is 35.5. The molecule has 0 aromatic heterocycles. The van der Waals surface area contributed by atoms with Crippen molar-refractivity contribution in [3.05, 3.63) is 87.9 Å². The summed E-state index contributed by atoms with van der Waals surface area (Å²) in [6.07, 6.45) is 0. The molecule has 166 valence electrons. The average Bonchev–Trinajstić information content (AvgIpc) is 2.73. The number of carbonyl (C=O) groups is 2. The van der Waals surface area contributed by atoms with Crippen LogP contribution >= 0.6 is 23.2 Å². The highest BCUT2D eigenvalue weighted by Gasteiger charge is 2.16. The van der Waals surface area contributed by atoms with Gasteiger partial charge in [0.05, 0.1) is 14.9 Å². The number of amides is 2. The number of halogens is 2. The van der Waals surface area contributed by atoms with Crippen molar-refractivity contribution in [1.82, 2.24) is 5.32 Å². The van der Waals surface area contributed by atoms with E-state index in [1.54, 1.807) is 30.3 Å². The summed E-state index contributed by atoms with van der Waals surface area (Å²) in [5, 5.41) is 5.81. The Balaban J connectivity index is 1.69. The van der Waals surface area contributed by atoms with E-state index in [9.17, 15) is 18.0 Å². The van der Waals surface area contributed by atoms with Crippen molar-refractivity contribution in [2.45, 2.75) is 18.4 Å². The lowest BCUT2D eigenvalue weighted by molar-refractivity contribution is -0.114. The van der Waals surface area contributed by atoms with Crippen LogP contribution in [0, 0.1) is 0 Å². The summed E-state index contributed by atoms with van der Waals surface area (Å²) in [4.78, 5) is 23.7. The van der Waals surface area contributed by atoms with Crippen molar-refractivity contribution >= 4 is 56.4 Å². The van der Waals surface area contributed by atoms with Gasteiger partial charge in [0, 0.05) is 30.4 Å². The van der Waals surface area contributed by atoms with Crippen LogP contribution in [0.25, 0.3) is 0 Å². The molecule has 32 heavy (non-hydrogen) atoms. The van der Waals surface area contributed by atoms with E-state index in [2.05, 4.69) is 15.4 Å². The average molecular weight is 492 g/mol. The van der Waals surface area contributed by atoms with Gasteiger partial charge in [0.15, 0.2) is 0 Å². The Labute approximate surface area is 195 Å². The van der Waals surface area contributed by atoms with Gasteiger partial charge < -0.3 is 10.6 Å².